The highest BCUT2D eigenvalue weighted by Gasteiger charge is 2.56. The quantitative estimate of drug-likeness (QED) is 0.463. The molecule has 10 nitrogen and oxygen atoms in total. The summed E-state index contributed by atoms with van der Waals surface area (Å²) >= 11 is 0. The minimum absolute atomic E-state index is 0.220. The number of aromatic nitrogens is 4. The molecule has 0 bridgehead atoms. The van der Waals surface area contributed by atoms with Crippen LogP contribution in [0.4, 0.5) is 36.7 Å². The van der Waals surface area contributed by atoms with Gasteiger partial charge in [-0.1, -0.05) is 0 Å². The van der Waals surface area contributed by atoms with Gasteiger partial charge in [0.2, 0.25) is 5.95 Å². The summed E-state index contributed by atoms with van der Waals surface area (Å²) < 4.78 is 95.6. The molecule has 1 saturated heterocycles. The van der Waals surface area contributed by atoms with Crippen LogP contribution in [0.3, 0.4) is 0 Å². The molecule has 3 heterocycles. The van der Waals surface area contributed by atoms with Gasteiger partial charge >= 0.3 is 18.0 Å². The van der Waals surface area contributed by atoms with E-state index < -0.39 is 84.4 Å². The summed E-state index contributed by atoms with van der Waals surface area (Å²) in [5.74, 6) is -0.629. The maximum absolute atomic E-state index is 14.3. The van der Waals surface area contributed by atoms with Gasteiger partial charge in [0.05, 0.1) is 6.42 Å². The van der Waals surface area contributed by atoms with Crippen LogP contribution in [0.1, 0.15) is 12.6 Å². The van der Waals surface area contributed by atoms with Crippen molar-refractivity contribution in [2.45, 2.75) is 56.0 Å². The van der Waals surface area contributed by atoms with Crippen molar-refractivity contribution in [2.24, 2.45) is 0 Å². The summed E-state index contributed by atoms with van der Waals surface area (Å²) in [6.45, 7) is -1.10. The van der Waals surface area contributed by atoms with Crippen molar-refractivity contribution in [3.05, 3.63) is 20.8 Å². The van der Waals surface area contributed by atoms with Crippen LogP contribution in [0.25, 0.3) is 11.2 Å². The van der Waals surface area contributed by atoms with E-state index in [0.717, 1.165) is 0 Å². The first kappa shape index (κ1) is 23.0. The van der Waals surface area contributed by atoms with Gasteiger partial charge < -0.3 is 20.7 Å². The Morgan fingerprint density at radius 2 is 1.84 bits per heavy atom. The third-order valence-electron chi connectivity index (χ3n) is 4.58. The molecule has 0 unspecified atom stereocenters. The van der Waals surface area contributed by atoms with Crippen LogP contribution < -0.4 is 17.0 Å². The molecule has 2 aromatic rings. The second kappa shape index (κ2) is 7.49. The Bertz CT molecular complexity index is 1090. The third-order valence-corrected chi connectivity index (χ3v) is 4.58. The second-order valence-corrected chi connectivity index (χ2v) is 6.71. The summed E-state index contributed by atoms with van der Waals surface area (Å²) in [5.41, 5.74) is 1.21. The number of nitrogens with two attached hydrogens (primary N) is 1. The number of rotatable bonds is 4. The number of imidazole rings is 1. The molecule has 0 aliphatic carbocycles. The zero-order valence-corrected chi connectivity index (χ0v) is 15.0. The number of nitrogens with zero attached hydrogens (tertiary/aromatic N) is 3. The lowest BCUT2D eigenvalue weighted by molar-refractivity contribution is -0.241. The van der Waals surface area contributed by atoms with E-state index in [1.165, 1.54) is 0 Å². The number of hydrogen-bond donors (Lipinski definition) is 4. The van der Waals surface area contributed by atoms with E-state index in [4.69, 9.17) is 10.5 Å². The summed E-state index contributed by atoms with van der Waals surface area (Å²) in [6, 6.07) is 0. The van der Waals surface area contributed by atoms with Gasteiger partial charge in [-0.2, -0.15) is 31.3 Å². The van der Waals surface area contributed by atoms with Crippen LogP contribution >= 0.6 is 0 Å². The lowest BCUT2D eigenvalue weighted by Gasteiger charge is -2.22. The number of nitrogens with one attached hydrogen (secondary N) is 1. The highest BCUT2D eigenvalue weighted by molar-refractivity contribution is 5.71. The van der Waals surface area contributed by atoms with Crippen LogP contribution in [0, 0.1) is 0 Å². The topological polar surface area (TPSA) is 148 Å². The number of nitrogen functional groups attached to an aromatic ring is 1. The van der Waals surface area contributed by atoms with Crippen molar-refractivity contribution in [3.8, 4) is 0 Å². The van der Waals surface area contributed by atoms with Gasteiger partial charge in [-0.05, 0) is 0 Å². The minimum Gasteiger partial charge on any atom is -0.385 e. The maximum Gasteiger partial charge on any atom is 0.417 e. The summed E-state index contributed by atoms with van der Waals surface area (Å²) in [7, 11) is 0. The molecule has 0 saturated carbocycles. The van der Waals surface area contributed by atoms with E-state index in [2.05, 4.69) is 4.98 Å². The molecule has 31 heavy (non-hydrogen) atoms. The van der Waals surface area contributed by atoms with Crippen molar-refractivity contribution in [1.29, 1.82) is 0 Å². The molecular formula is C14H14F7N5O5. The van der Waals surface area contributed by atoms with Crippen LogP contribution in [-0.4, -0.2) is 66.2 Å². The molecule has 1 fully saturated rings. The molecule has 1 aliphatic rings. The van der Waals surface area contributed by atoms with Gasteiger partial charge in [0.15, 0.2) is 29.7 Å². The smallest absolute Gasteiger partial charge is 0.385 e. The number of ether oxygens (including phenoxy) is 1. The van der Waals surface area contributed by atoms with Crippen molar-refractivity contribution in [3.63, 3.8) is 0 Å². The molecule has 2 aromatic heterocycles. The fourth-order valence-electron chi connectivity index (χ4n) is 3.19. The Morgan fingerprint density at radius 3 is 2.39 bits per heavy atom. The van der Waals surface area contributed by atoms with Crippen molar-refractivity contribution >= 4 is 17.1 Å². The number of aromatic amines is 1. The maximum atomic E-state index is 14.3. The van der Waals surface area contributed by atoms with Crippen LogP contribution in [0.2, 0.25) is 0 Å². The number of fused-ring (bicyclic) bond motifs is 1. The minimum atomic E-state index is -5.35. The number of alkyl halides is 7. The van der Waals surface area contributed by atoms with Crippen molar-refractivity contribution in [2.75, 3.05) is 5.73 Å². The molecular weight excluding hydrogens is 451 g/mol. The van der Waals surface area contributed by atoms with Gasteiger partial charge in [0, 0.05) is 6.54 Å². The normalized spacial score (nSPS) is 26.0. The van der Waals surface area contributed by atoms with E-state index in [1.54, 1.807) is 0 Å². The van der Waals surface area contributed by atoms with E-state index in [-0.39, 0.29) is 4.57 Å². The molecule has 0 radical (unpaired) electrons. The van der Waals surface area contributed by atoms with E-state index in [0.29, 0.717) is 4.57 Å². The van der Waals surface area contributed by atoms with Gasteiger partial charge in [-0.15, -0.1) is 0 Å². The lowest BCUT2D eigenvalue weighted by atomic mass is 10.1. The van der Waals surface area contributed by atoms with Crippen molar-refractivity contribution in [1.82, 2.24) is 19.1 Å². The van der Waals surface area contributed by atoms with E-state index in [9.17, 15) is 50.5 Å². The number of anilines is 1. The van der Waals surface area contributed by atoms with E-state index >= 15 is 0 Å². The Morgan fingerprint density at radius 1 is 1.23 bits per heavy atom. The molecule has 5 N–H and O–H groups in total. The third kappa shape index (κ3) is 4.11. The second-order valence-electron chi connectivity index (χ2n) is 6.71. The number of hydrogen-bond acceptors (Lipinski definition) is 7. The molecule has 0 amide bonds. The zero-order chi connectivity index (χ0) is 23.5. The SMILES string of the molecule is Nc1nc2c(c(=O)[nH]1)n(CCC(F)(F)F)c(=O)n2[C@@H]1O[C@H]([C@@H](O)C(F)(F)F)[C@H](F)[C@H]1O. The largest absolute Gasteiger partial charge is 0.417 e. The monoisotopic (exact) mass is 465 g/mol. The highest BCUT2D eigenvalue weighted by atomic mass is 19.4. The first-order valence-electron chi connectivity index (χ1n) is 8.43. The van der Waals surface area contributed by atoms with E-state index in [1.807, 2.05) is 4.98 Å². The predicted molar refractivity (Wildman–Crippen MR) is 86.6 cm³/mol. The first-order valence-corrected chi connectivity index (χ1v) is 8.43. The van der Waals surface area contributed by atoms with Crippen LogP contribution in [0.15, 0.2) is 9.59 Å². The standard InChI is InChI=1S/C14H14F7N5O5/c15-3-5(27)10(31-6(3)7(28)14(19,20)21)26-8-4(9(29)24-11(22)23-8)25(12(26)30)2-1-13(16,17)18/h3,5-7,10,27-28H,1-2H2,(H3,22,23,24,29)/t3-,5-,6+,7-,10-/m1/s1. The summed E-state index contributed by atoms with van der Waals surface area (Å²) in [6.07, 6.45) is -25.3. The van der Waals surface area contributed by atoms with Gasteiger partial charge in [0.25, 0.3) is 5.56 Å². The zero-order valence-electron chi connectivity index (χ0n) is 15.0. The van der Waals surface area contributed by atoms with Gasteiger partial charge in [-0.3, -0.25) is 14.3 Å². The van der Waals surface area contributed by atoms with Gasteiger partial charge in [-0.25, -0.2) is 13.8 Å². The highest BCUT2D eigenvalue weighted by Crippen LogP contribution is 2.38. The number of aliphatic hydroxyl groups excluding tert-OH is 2. The Labute approximate surface area is 165 Å². The average Bonchev–Trinajstić information content (AvgIpc) is 3.05. The Balaban J connectivity index is 2.15. The van der Waals surface area contributed by atoms with Crippen LogP contribution in [-0.2, 0) is 11.3 Å². The molecule has 1 aliphatic heterocycles. The molecule has 0 aromatic carbocycles. The predicted octanol–water partition coefficient (Wildman–Crippen LogP) is -0.0595. The average molecular weight is 465 g/mol. The molecule has 0 spiro atoms. The molecule has 3 rings (SSSR count). The lowest BCUT2D eigenvalue weighted by Crippen LogP contribution is -2.44. The fraction of sp³-hybridized carbons (Fsp3) is 0.643. The molecule has 174 valence electrons. The number of aryl methyl sites for hydroxylation is 1. The van der Waals surface area contributed by atoms with Crippen molar-refractivity contribution < 1.29 is 45.7 Å². The Hall–Kier alpha value is -2.66. The Kier molecular flexibility index (Phi) is 5.56. The number of H-pyrrole nitrogens is 1. The fourth-order valence-corrected chi connectivity index (χ4v) is 3.19. The molecule has 17 heteroatoms. The molecule has 5 atom stereocenters. The number of halogens is 7. The number of aliphatic hydroxyl groups is 2. The summed E-state index contributed by atoms with van der Waals surface area (Å²) in [4.78, 5) is 30.4. The summed E-state index contributed by atoms with van der Waals surface area (Å²) in [5, 5.41) is 19.3. The van der Waals surface area contributed by atoms with Gasteiger partial charge in [0.1, 0.15) is 12.2 Å². The first-order chi connectivity index (χ1) is 14.1. The van der Waals surface area contributed by atoms with Crippen LogP contribution in [0.5, 0.6) is 0 Å².